The molecular formula is C24H26N4O2. The lowest BCUT2D eigenvalue weighted by Gasteiger charge is -2.28. The average molecular weight is 402 g/mol. The third-order valence-corrected chi connectivity index (χ3v) is 5.56. The third-order valence-electron chi connectivity index (χ3n) is 5.56. The first-order chi connectivity index (χ1) is 14.5. The molecule has 1 aliphatic rings. The van der Waals surface area contributed by atoms with E-state index in [4.69, 9.17) is 0 Å². The van der Waals surface area contributed by atoms with Crippen molar-refractivity contribution < 1.29 is 4.79 Å². The Morgan fingerprint density at radius 1 is 1.07 bits per heavy atom. The molecule has 30 heavy (non-hydrogen) atoms. The Kier molecular flexibility index (Phi) is 5.77. The van der Waals surface area contributed by atoms with Crippen molar-refractivity contribution >= 4 is 11.6 Å². The van der Waals surface area contributed by atoms with Gasteiger partial charge in [0, 0.05) is 30.9 Å². The van der Waals surface area contributed by atoms with Crippen molar-refractivity contribution in [3.05, 3.63) is 93.2 Å². The van der Waals surface area contributed by atoms with Gasteiger partial charge in [0.05, 0.1) is 5.69 Å². The fraction of sp³-hybridized carbons (Fsp3) is 0.292. The highest BCUT2D eigenvalue weighted by Gasteiger charge is 2.23. The standard InChI is InChI=1S/C24H26N4O2/c1-17-8-6-7-11-21(17)26-23(29)16-28-18(2)25-22-15-27(13-12-20(22)24(28)30)14-19-9-4-3-5-10-19/h3-11H,12-16H2,1-2H3,(H,26,29). The molecule has 6 heteroatoms. The number of nitrogens with one attached hydrogen (secondary N) is 1. The largest absolute Gasteiger partial charge is 0.324 e. The van der Waals surface area contributed by atoms with Crippen molar-refractivity contribution in [1.82, 2.24) is 14.5 Å². The maximum atomic E-state index is 13.1. The number of rotatable bonds is 5. The lowest BCUT2D eigenvalue weighted by atomic mass is 10.1. The van der Waals surface area contributed by atoms with E-state index >= 15 is 0 Å². The van der Waals surface area contributed by atoms with Gasteiger partial charge in [-0.05, 0) is 37.5 Å². The Morgan fingerprint density at radius 3 is 2.57 bits per heavy atom. The van der Waals surface area contributed by atoms with Crippen LogP contribution in [-0.4, -0.2) is 26.9 Å². The summed E-state index contributed by atoms with van der Waals surface area (Å²) < 4.78 is 1.49. The number of aryl methyl sites for hydroxylation is 2. The molecule has 2 aromatic carbocycles. The highest BCUT2D eigenvalue weighted by molar-refractivity contribution is 5.91. The average Bonchev–Trinajstić information content (AvgIpc) is 2.73. The van der Waals surface area contributed by atoms with Crippen LogP contribution >= 0.6 is 0 Å². The molecule has 0 atom stereocenters. The van der Waals surface area contributed by atoms with Crippen LogP contribution in [0.5, 0.6) is 0 Å². The van der Waals surface area contributed by atoms with Crippen LogP contribution < -0.4 is 10.9 Å². The minimum absolute atomic E-state index is 0.0347. The number of amides is 1. The summed E-state index contributed by atoms with van der Waals surface area (Å²) in [6, 6.07) is 17.9. The summed E-state index contributed by atoms with van der Waals surface area (Å²) in [7, 11) is 0. The zero-order valence-corrected chi connectivity index (χ0v) is 17.4. The summed E-state index contributed by atoms with van der Waals surface area (Å²) in [6.07, 6.45) is 0.647. The van der Waals surface area contributed by atoms with Gasteiger partial charge in [0.1, 0.15) is 12.4 Å². The van der Waals surface area contributed by atoms with Gasteiger partial charge < -0.3 is 5.32 Å². The quantitative estimate of drug-likeness (QED) is 0.712. The Hall–Kier alpha value is -3.25. The molecule has 3 aromatic rings. The topological polar surface area (TPSA) is 67.2 Å². The number of carbonyl (C=O) groups excluding carboxylic acids is 1. The summed E-state index contributed by atoms with van der Waals surface area (Å²) in [5, 5.41) is 2.89. The van der Waals surface area contributed by atoms with Crippen LogP contribution in [0.1, 0.15) is 28.2 Å². The summed E-state index contributed by atoms with van der Waals surface area (Å²) in [5.74, 6) is 0.345. The lowest BCUT2D eigenvalue weighted by molar-refractivity contribution is -0.116. The maximum absolute atomic E-state index is 13.1. The number of anilines is 1. The Morgan fingerprint density at radius 2 is 1.80 bits per heavy atom. The highest BCUT2D eigenvalue weighted by atomic mass is 16.2. The second-order valence-corrected chi connectivity index (χ2v) is 7.78. The maximum Gasteiger partial charge on any atom is 0.257 e. The summed E-state index contributed by atoms with van der Waals surface area (Å²) in [6.45, 7) is 5.98. The van der Waals surface area contributed by atoms with Crippen molar-refractivity contribution in [3.63, 3.8) is 0 Å². The van der Waals surface area contributed by atoms with Gasteiger partial charge in [-0.2, -0.15) is 0 Å². The molecule has 0 spiro atoms. The van der Waals surface area contributed by atoms with Gasteiger partial charge in [-0.1, -0.05) is 48.5 Å². The molecule has 4 rings (SSSR count). The van der Waals surface area contributed by atoms with Crippen molar-refractivity contribution in [2.75, 3.05) is 11.9 Å². The molecule has 0 aliphatic carbocycles. The molecule has 0 saturated carbocycles. The van der Waals surface area contributed by atoms with Gasteiger partial charge in [0.25, 0.3) is 5.56 Å². The van der Waals surface area contributed by atoms with Crippen molar-refractivity contribution in [2.24, 2.45) is 0 Å². The van der Waals surface area contributed by atoms with Gasteiger partial charge in [0.15, 0.2) is 0 Å². The van der Waals surface area contributed by atoms with E-state index in [9.17, 15) is 9.59 Å². The van der Waals surface area contributed by atoms with E-state index in [1.54, 1.807) is 6.92 Å². The van der Waals surface area contributed by atoms with E-state index in [0.717, 1.165) is 35.6 Å². The van der Waals surface area contributed by atoms with Crippen LogP contribution in [0.2, 0.25) is 0 Å². The van der Waals surface area contributed by atoms with Crippen LogP contribution in [0.25, 0.3) is 0 Å². The van der Waals surface area contributed by atoms with Crippen molar-refractivity contribution in [1.29, 1.82) is 0 Å². The van der Waals surface area contributed by atoms with Gasteiger partial charge in [-0.25, -0.2) is 4.98 Å². The van der Waals surface area contributed by atoms with Gasteiger partial charge in [-0.3, -0.25) is 19.1 Å². The second kappa shape index (κ2) is 8.63. The van der Waals surface area contributed by atoms with Crippen LogP contribution in [0.3, 0.4) is 0 Å². The predicted octanol–water partition coefficient (Wildman–Crippen LogP) is 3.06. The molecule has 0 unspecified atom stereocenters. The number of hydrogen-bond acceptors (Lipinski definition) is 4. The van der Waals surface area contributed by atoms with E-state index in [1.807, 2.05) is 49.4 Å². The normalized spacial score (nSPS) is 13.7. The van der Waals surface area contributed by atoms with Crippen molar-refractivity contribution in [2.45, 2.75) is 39.9 Å². The minimum atomic E-state index is -0.224. The Labute approximate surface area is 176 Å². The fourth-order valence-corrected chi connectivity index (χ4v) is 3.91. The molecule has 2 heterocycles. The minimum Gasteiger partial charge on any atom is -0.324 e. The first kappa shape index (κ1) is 20.0. The molecule has 1 N–H and O–H groups in total. The zero-order chi connectivity index (χ0) is 21.1. The van der Waals surface area contributed by atoms with Crippen LogP contribution in [-0.2, 0) is 30.8 Å². The number of fused-ring (bicyclic) bond motifs is 1. The fourth-order valence-electron chi connectivity index (χ4n) is 3.91. The number of para-hydroxylation sites is 1. The predicted molar refractivity (Wildman–Crippen MR) is 117 cm³/mol. The van der Waals surface area contributed by atoms with Crippen LogP contribution in [0.15, 0.2) is 59.4 Å². The summed E-state index contributed by atoms with van der Waals surface area (Å²) >= 11 is 0. The van der Waals surface area contributed by atoms with Crippen molar-refractivity contribution in [3.8, 4) is 0 Å². The monoisotopic (exact) mass is 402 g/mol. The molecule has 1 amide bonds. The smallest absolute Gasteiger partial charge is 0.257 e. The number of nitrogens with zero attached hydrogens (tertiary/aromatic N) is 3. The number of aromatic nitrogens is 2. The number of hydrogen-bond donors (Lipinski definition) is 1. The third kappa shape index (κ3) is 4.33. The van der Waals surface area contributed by atoms with Crippen LogP contribution in [0, 0.1) is 13.8 Å². The van der Waals surface area contributed by atoms with Gasteiger partial charge in [-0.15, -0.1) is 0 Å². The van der Waals surface area contributed by atoms with E-state index in [0.29, 0.717) is 18.8 Å². The number of carbonyl (C=O) groups is 1. The van der Waals surface area contributed by atoms with E-state index in [1.165, 1.54) is 10.1 Å². The molecule has 0 bridgehead atoms. The Balaban J connectivity index is 1.50. The molecule has 1 aliphatic heterocycles. The molecule has 0 fully saturated rings. The van der Waals surface area contributed by atoms with E-state index in [-0.39, 0.29) is 18.0 Å². The Bertz CT molecular complexity index is 1120. The highest BCUT2D eigenvalue weighted by Crippen LogP contribution is 2.17. The first-order valence-electron chi connectivity index (χ1n) is 10.2. The summed E-state index contributed by atoms with van der Waals surface area (Å²) in [5.41, 5.74) is 4.45. The van der Waals surface area contributed by atoms with E-state index < -0.39 is 0 Å². The number of benzene rings is 2. The van der Waals surface area contributed by atoms with Gasteiger partial charge in [0.2, 0.25) is 5.91 Å². The molecule has 1 aromatic heterocycles. The molecule has 154 valence electrons. The van der Waals surface area contributed by atoms with Gasteiger partial charge >= 0.3 is 0 Å². The first-order valence-corrected chi connectivity index (χ1v) is 10.2. The lowest BCUT2D eigenvalue weighted by Crippen LogP contribution is -2.39. The zero-order valence-electron chi connectivity index (χ0n) is 17.4. The van der Waals surface area contributed by atoms with Crippen LogP contribution in [0.4, 0.5) is 5.69 Å². The molecule has 0 saturated heterocycles. The summed E-state index contributed by atoms with van der Waals surface area (Å²) in [4.78, 5) is 32.6. The molecule has 0 radical (unpaired) electrons. The molecular weight excluding hydrogens is 376 g/mol. The SMILES string of the molecule is Cc1ccccc1NC(=O)Cn1c(C)nc2c(c1=O)CCN(Cc1ccccc1)C2. The second-order valence-electron chi connectivity index (χ2n) is 7.78. The van der Waals surface area contributed by atoms with E-state index in [2.05, 4.69) is 27.3 Å². The molecule has 6 nitrogen and oxygen atoms in total.